The Bertz CT molecular complexity index is 1570. The molecule has 11 nitrogen and oxygen atoms in total. The number of esters is 3. The Balaban J connectivity index is 4.69. The van der Waals surface area contributed by atoms with Crippen LogP contribution in [-0.2, 0) is 42.2 Å². The number of rotatable bonds is 62. The van der Waals surface area contributed by atoms with E-state index in [0.29, 0.717) is 19.3 Å². The van der Waals surface area contributed by atoms with Crippen molar-refractivity contribution in [2.45, 2.75) is 328 Å². The smallest absolute Gasteiger partial charge is 0.462 e. The molecule has 0 saturated carbocycles. The molecule has 80 heavy (non-hydrogen) atoms. The Labute approximate surface area is 491 Å². The van der Waals surface area contributed by atoms with Gasteiger partial charge in [-0.15, -0.1) is 0 Å². The largest absolute Gasteiger partial charge is 0.472 e. The second-order valence-electron chi connectivity index (χ2n) is 22.3. The highest BCUT2D eigenvalue weighted by Crippen LogP contribution is 2.43. The molecule has 0 aromatic heterocycles. The number of carbonyl (C=O) groups excluding carboxylic acids is 3. The maximum atomic E-state index is 13.0. The first-order chi connectivity index (χ1) is 39.2. The third kappa shape index (κ3) is 59.8. The molecule has 3 atom stereocenters. The molecule has 0 spiro atoms. The van der Waals surface area contributed by atoms with Crippen LogP contribution in [0.2, 0.25) is 0 Å². The van der Waals surface area contributed by atoms with Crippen molar-refractivity contribution in [2.75, 3.05) is 26.4 Å². The molecule has 466 valence electrons. The summed E-state index contributed by atoms with van der Waals surface area (Å²) in [5.41, 5.74) is 0. The number of allylic oxidation sites excluding steroid dienone is 10. The normalized spacial score (nSPS) is 13.6. The van der Waals surface area contributed by atoms with Gasteiger partial charge in [-0.3, -0.25) is 23.4 Å². The molecule has 0 aliphatic heterocycles. The molecule has 0 amide bonds. The molecule has 3 unspecified atom stereocenters. The molecule has 0 saturated heterocycles. The zero-order valence-corrected chi connectivity index (χ0v) is 52.7. The van der Waals surface area contributed by atoms with Crippen molar-refractivity contribution in [1.82, 2.24) is 0 Å². The second-order valence-corrected chi connectivity index (χ2v) is 23.7. The minimum absolute atomic E-state index is 0.158. The highest BCUT2D eigenvalue weighted by atomic mass is 31.2. The van der Waals surface area contributed by atoms with E-state index in [2.05, 4.69) is 81.5 Å². The van der Waals surface area contributed by atoms with Crippen molar-refractivity contribution >= 4 is 25.7 Å². The van der Waals surface area contributed by atoms with E-state index in [4.69, 9.17) is 23.3 Å². The molecule has 0 aromatic rings. The molecule has 2 N–H and O–H groups in total. The summed E-state index contributed by atoms with van der Waals surface area (Å²) in [5, 5.41) is 9.85. The number of carbonyl (C=O) groups is 3. The Hall–Kier alpha value is -2.82. The molecule has 0 aromatic carbocycles. The van der Waals surface area contributed by atoms with Gasteiger partial charge in [-0.25, -0.2) is 4.57 Å². The summed E-state index contributed by atoms with van der Waals surface area (Å²) in [6.45, 7) is 4.55. The molecular formula is C68H123O11P. The zero-order chi connectivity index (χ0) is 58.3. The molecule has 0 fully saturated rings. The van der Waals surface area contributed by atoms with Crippen LogP contribution in [0, 0.1) is 0 Å². The van der Waals surface area contributed by atoms with Crippen LogP contribution in [0.3, 0.4) is 0 Å². The quantitative estimate of drug-likeness (QED) is 0.0197. The minimum atomic E-state index is -4.76. The van der Waals surface area contributed by atoms with Crippen molar-refractivity contribution in [1.29, 1.82) is 0 Å². The topological polar surface area (TPSA) is 155 Å². The zero-order valence-electron chi connectivity index (χ0n) is 51.8. The SMILES string of the molecule is CC/C=C\C/C=C\C/C=C\CCCCCCCC(=O)OC(CO)COP(=O)(O)OCC(COC(=O)CCCCCCCCCCCCCCCCCCCCC)OC(=O)CCCCCCCCCCC/C=C\C/C=C\CCCCC. The number of phosphoric ester groups is 1. The van der Waals surface area contributed by atoms with Gasteiger partial charge in [-0.2, -0.15) is 0 Å². The maximum absolute atomic E-state index is 13.0. The average molecular weight is 1150 g/mol. The van der Waals surface area contributed by atoms with Gasteiger partial charge in [0.05, 0.1) is 19.8 Å². The number of hydrogen-bond acceptors (Lipinski definition) is 10. The summed E-state index contributed by atoms with van der Waals surface area (Å²) in [5.74, 6) is -1.47. The van der Waals surface area contributed by atoms with Gasteiger partial charge in [0.2, 0.25) is 0 Å². The Morgan fingerprint density at radius 2 is 0.650 bits per heavy atom. The van der Waals surface area contributed by atoms with Crippen LogP contribution in [0.4, 0.5) is 0 Å². The predicted molar refractivity (Wildman–Crippen MR) is 335 cm³/mol. The van der Waals surface area contributed by atoms with E-state index in [0.717, 1.165) is 103 Å². The minimum Gasteiger partial charge on any atom is -0.462 e. The van der Waals surface area contributed by atoms with Crippen molar-refractivity contribution in [3.63, 3.8) is 0 Å². The molecule has 0 aliphatic carbocycles. The van der Waals surface area contributed by atoms with Gasteiger partial charge in [0, 0.05) is 19.3 Å². The number of ether oxygens (including phenoxy) is 3. The summed E-state index contributed by atoms with van der Waals surface area (Å²) in [6, 6.07) is 0. The van der Waals surface area contributed by atoms with Gasteiger partial charge in [0.15, 0.2) is 6.10 Å². The van der Waals surface area contributed by atoms with Gasteiger partial charge in [-0.1, -0.05) is 274 Å². The Kier molecular flexibility index (Phi) is 60.0. The van der Waals surface area contributed by atoms with Crippen LogP contribution >= 0.6 is 7.82 Å². The van der Waals surface area contributed by atoms with Crippen molar-refractivity contribution in [3.05, 3.63) is 60.8 Å². The van der Waals surface area contributed by atoms with Crippen molar-refractivity contribution in [2.24, 2.45) is 0 Å². The van der Waals surface area contributed by atoms with E-state index in [1.807, 2.05) is 0 Å². The van der Waals surface area contributed by atoms with Gasteiger partial charge in [0.1, 0.15) is 12.7 Å². The number of hydrogen-bond donors (Lipinski definition) is 2. The van der Waals surface area contributed by atoms with Gasteiger partial charge >= 0.3 is 25.7 Å². The fourth-order valence-electron chi connectivity index (χ4n) is 9.40. The lowest BCUT2D eigenvalue weighted by atomic mass is 10.0. The first-order valence-corrected chi connectivity index (χ1v) is 34.7. The Morgan fingerprint density at radius 1 is 0.362 bits per heavy atom. The Morgan fingerprint density at radius 3 is 1.02 bits per heavy atom. The monoisotopic (exact) mass is 1150 g/mol. The highest BCUT2D eigenvalue weighted by molar-refractivity contribution is 7.47. The standard InChI is InChI=1S/C68H123O11P/c1-4-7-10-13-16-19-22-25-28-30-32-34-37-39-42-45-48-51-54-57-66(70)75-61-65(79-68(72)59-56-53-50-47-44-41-38-35-33-31-29-26-23-20-17-14-11-8-5-2)63-77-80(73,74)76-62-64(60-69)78-67(71)58-55-52-49-46-43-40-36-27-24-21-18-15-12-9-6-3/h9,12,17-18,20-21,26-27,29,36,64-65,69H,4-8,10-11,13-16,19,22-25,28,30-35,37-63H2,1-3H3,(H,73,74)/b12-9-,20-17-,21-18-,29-26-,36-27-. The van der Waals surface area contributed by atoms with Crippen molar-refractivity contribution in [3.8, 4) is 0 Å². The van der Waals surface area contributed by atoms with Crippen LogP contribution in [0.5, 0.6) is 0 Å². The molecular weight excluding hydrogens is 1020 g/mol. The van der Waals surface area contributed by atoms with Crippen LogP contribution < -0.4 is 0 Å². The lowest BCUT2D eigenvalue weighted by Crippen LogP contribution is -2.30. The van der Waals surface area contributed by atoms with Gasteiger partial charge in [0.25, 0.3) is 0 Å². The number of unbranched alkanes of at least 4 members (excludes halogenated alkanes) is 35. The highest BCUT2D eigenvalue weighted by Gasteiger charge is 2.28. The van der Waals surface area contributed by atoms with E-state index in [1.165, 1.54) is 154 Å². The van der Waals surface area contributed by atoms with E-state index < -0.39 is 57.8 Å². The summed E-state index contributed by atoms with van der Waals surface area (Å²) >= 11 is 0. The van der Waals surface area contributed by atoms with Crippen LogP contribution in [0.25, 0.3) is 0 Å². The molecule has 0 aliphatic rings. The first kappa shape index (κ1) is 77.2. The molecule has 0 rings (SSSR count). The summed E-state index contributed by atoms with van der Waals surface area (Å²) < 4.78 is 39.7. The first-order valence-electron chi connectivity index (χ1n) is 33.2. The number of aliphatic hydroxyl groups is 1. The lowest BCUT2D eigenvalue weighted by Gasteiger charge is -2.21. The van der Waals surface area contributed by atoms with Gasteiger partial charge in [-0.05, 0) is 83.5 Å². The summed E-state index contributed by atoms with van der Waals surface area (Å²) in [6.07, 6.45) is 70.3. The van der Waals surface area contributed by atoms with E-state index in [9.17, 15) is 28.9 Å². The average Bonchev–Trinajstić information content (AvgIpc) is 3.45. The number of aliphatic hydroxyl groups excluding tert-OH is 1. The van der Waals surface area contributed by atoms with Crippen LogP contribution in [0.1, 0.15) is 316 Å². The van der Waals surface area contributed by atoms with Gasteiger partial charge < -0.3 is 24.2 Å². The summed E-state index contributed by atoms with van der Waals surface area (Å²) in [4.78, 5) is 48.8. The molecule has 0 heterocycles. The fourth-order valence-corrected chi connectivity index (χ4v) is 10.2. The molecule has 0 radical (unpaired) electrons. The van der Waals surface area contributed by atoms with E-state index in [1.54, 1.807) is 0 Å². The van der Waals surface area contributed by atoms with Crippen molar-refractivity contribution < 1.29 is 52.2 Å². The van der Waals surface area contributed by atoms with Crippen LogP contribution in [0.15, 0.2) is 60.8 Å². The third-order valence-electron chi connectivity index (χ3n) is 14.4. The maximum Gasteiger partial charge on any atom is 0.472 e. The summed E-state index contributed by atoms with van der Waals surface area (Å²) in [7, 11) is -4.76. The van der Waals surface area contributed by atoms with E-state index in [-0.39, 0.29) is 25.9 Å². The fraction of sp³-hybridized carbons (Fsp3) is 0.809. The lowest BCUT2D eigenvalue weighted by molar-refractivity contribution is -0.161. The van der Waals surface area contributed by atoms with Crippen LogP contribution in [-0.4, -0.2) is 66.5 Å². The van der Waals surface area contributed by atoms with E-state index >= 15 is 0 Å². The number of phosphoric acid groups is 1. The predicted octanol–water partition coefficient (Wildman–Crippen LogP) is 20.3. The molecule has 12 heteroatoms. The molecule has 0 bridgehead atoms. The second kappa shape index (κ2) is 62.2. The third-order valence-corrected chi connectivity index (χ3v) is 15.4.